The first-order valence-electron chi connectivity index (χ1n) is 2.85. The summed E-state index contributed by atoms with van der Waals surface area (Å²) in [4.78, 5) is 30.6. The summed E-state index contributed by atoms with van der Waals surface area (Å²) >= 11 is 0. The van der Waals surface area contributed by atoms with Crippen molar-refractivity contribution in [3.05, 3.63) is 0 Å². The second-order valence-corrected chi connectivity index (χ2v) is 1.80. The molecule has 1 radical (unpaired) electrons. The van der Waals surface area contributed by atoms with Gasteiger partial charge >= 0.3 is 5.97 Å². The number of ketones is 2. The topological polar surface area (TPSA) is 71.4 Å². The number of Topliss-reactive ketones (excluding diaryl/α,β-unsaturated/α-hetero) is 2. The van der Waals surface area contributed by atoms with E-state index in [0.29, 0.717) is 0 Å². The van der Waals surface area contributed by atoms with E-state index >= 15 is 0 Å². The van der Waals surface area contributed by atoms with Gasteiger partial charge in [0.15, 0.2) is 0 Å². The van der Waals surface area contributed by atoms with Gasteiger partial charge in [-0.15, -0.1) is 0 Å². The van der Waals surface area contributed by atoms with Crippen LogP contribution in [0.4, 0.5) is 0 Å². The normalized spacial score (nSPS) is 8.09. The maximum Gasteiger partial charge on any atom is 0.372 e. The van der Waals surface area contributed by atoms with Crippen LogP contribution in [0, 0.1) is 0 Å². The van der Waals surface area contributed by atoms with Crippen molar-refractivity contribution in [2.24, 2.45) is 0 Å². The molecule has 0 atom stereocenters. The smallest absolute Gasteiger partial charge is 0.372 e. The molecule has 4 nitrogen and oxygen atoms in total. The number of carboxylic acid groups (broad SMARTS) is 1. The van der Waals surface area contributed by atoms with Crippen LogP contribution in [-0.4, -0.2) is 22.6 Å². The molecule has 5 heteroatoms. The predicted molar refractivity (Wildman–Crippen MR) is 32.6 cm³/mol. The molecule has 0 aromatic carbocycles. The summed E-state index contributed by atoms with van der Waals surface area (Å²) in [6, 6.07) is 0. The zero-order valence-corrected chi connectivity index (χ0v) is 7.14. The van der Waals surface area contributed by atoms with E-state index in [2.05, 4.69) is 0 Å². The fraction of sp³-hybridized carbons (Fsp3) is 0.500. The Bertz CT molecular complexity index is 175. The molecule has 0 aromatic rings. The van der Waals surface area contributed by atoms with Gasteiger partial charge in [-0.25, -0.2) is 4.79 Å². The quantitative estimate of drug-likeness (QED) is 0.393. The molecule has 0 aromatic heterocycles. The van der Waals surface area contributed by atoms with Crippen LogP contribution in [-0.2, 0) is 31.5 Å². The van der Waals surface area contributed by atoms with Gasteiger partial charge in [-0.1, -0.05) is 6.92 Å². The van der Waals surface area contributed by atoms with Gasteiger partial charge < -0.3 is 5.11 Å². The Hall–Kier alpha value is -0.671. The maximum atomic E-state index is 10.4. The van der Waals surface area contributed by atoms with Crippen LogP contribution in [0.1, 0.15) is 19.8 Å². The third-order valence-corrected chi connectivity index (χ3v) is 0.991. The molecule has 0 unspecified atom stereocenters. The number of aliphatic carboxylic acids is 1. The predicted octanol–water partition coefficient (Wildman–Crippen LogP) is 0.00680. The van der Waals surface area contributed by atoms with Gasteiger partial charge in [-0.3, -0.25) is 9.59 Å². The van der Waals surface area contributed by atoms with E-state index in [4.69, 9.17) is 5.11 Å². The zero-order chi connectivity index (χ0) is 8.15. The second-order valence-electron chi connectivity index (χ2n) is 1.80. The van der Waals surface area contributed by atoms with E-state index in [9.17, 15) is 14.4 Å². The van der Waals surface area contributed by atoms with Gasteiger partial charge in [0.1, 0.15) is 5.78 Å². The van der Waals surface area contributed by atoms with Gasteiger partial charge in [-0.05, 0) is 0 Å². The Labute approximate surface area is 74.4 Å². The van der Waals surface area contributed by atoms with Crippen molar-refractivity contribution in [3.63, 3.8) is 0 Å². The minimum atomic E-state index is -1.54. The van der Waals surface area contributed by atoms with Crippen LogP contribution in [0.15, 0.2) is 0 Å². The van der Waals surface area contributed by atoms with Crippen LogP contribution in [0.2, 0.25) is 0 Å². The first-order valence-corrected chi connectivity index (χ1v) is 2.85. The molecule has 0 spiro atoms. The Morgan fingerprint density at radius 3 is 2.00 bits per heavy atom. The summed E-state index contributed by atoms with van der Waals surface area (Å²) in [6.07, 6.45) is -0.273. The van der Waals surface area contributed by atoms with Crippen LogP contribution < -0.4 is 0 Å². The third kappa shape index (κ3) is 5.76. The van der Waals surface area contributed by atoms with Crippen molar-refractivity contribution in [2.45, 2.75) is 19.8 Å². The molecule has 11 heavy (non-hydrogen) atoms. The number of rotatable bonds is 4. The van der Waals surface area contributed by atoms with Crippen molar-refractivity contribution < 1.29 is 36.6 Å². The van der Waals surface area contributed by atoms with Crippen molar-refractivity contribution >= 4 is 17.5 Å². The van der Waals surface area contributed by atoms with E-state index in [0.717, 1.165) is 0 Å². The zero-order valence-electron chi connectivity index (χ0n) is 5.96. The van der Waals surface area contributed by atoms with Crippen molar-refractivity contribution in [1.82, 2.24) is 0 Å². The van der Waals surface area contributed by atoms with Crippen molar-refractivity contribution in [3.8, 4) is 0 Å². The summed E-state index contributed by atoms with van der Waals surface area (Å²) in [5.41, 5.74) is 0. The molecule has 0 heterocycles. The SMILES string of the molecule is CCC(=O)CC(=O)C(=O)O.[Mn]. The molecule has 0 amide bonds. The van der Waals surface area contributed by atoms with Gasteiger partial charge in [0, 0.05) is 23.5 Å². The maximum absolute atomic E-state index is 10.4. The largest absolute Gasteiger partial charge is 0.475 e. The van der Waals surface area contributed by atoms with Crippen molar-refractivity contribution in [2.75, 3.05) is 0 Å². The summed E-state index contributed by atoms with van der Waals surface area (Å²) < 4.78 is 0. The van der Waals surface area contributed by atoms with Gasteiger partial charge in [0.2, 0.25) is 5.78 Å². The van der Waals surface area contributed by atoms with Gasteiger partial charge in [0.05, 0.1) is 6.42 Å². The van der Waals surface area contributed by atoms with Crippen LogP contribution in [0.25, 0.3) is 0 Å². The molecule has 0 saturated carbocycles. The second kappa shape index (κ2) is 6.07. The molecule has 1 N–H and O–H groups in total. The van der Waals surface area contributed by atoms with E-state index in [1.807, 2.05) is 0 Å². The number of carbonyl (C=O) groups excluding carboxylic acids is 2. The third-order valence-electron chi connectivity index (χ3n) is 0.991. The number of carboxylic acids is 1. The van der Waals surface area contributed by atoms with Crippen LogP contribution >= 0.6 is 0 Å². The first kappa shape index (κ1) is 13.0. The summed E-state index contributed by atoms with van der Waals surface area (Å²) in [5, 5.41) is 8.02. The molecular weight excluding hydrogens is 191 g/mol. The molecular formula is C6H8MnO4. The fourth-order valence-corrected chi connectivity index (χ4v) is 0.380. The number of hydrogen-bond donors (Lipinski definition) is 1. The summed E-state index contributed by atoms with van der Waals surface area (Å²) in [5.74, 6) is -2.92. The average molecular weight is 199 g/mol. The minimum Gasteiger partial charge on any atom is -0.475 e. The molecule has 0 fully saturated rings. The van der Waals surface area contributed by atoms with Gasteiger partial charge in [0.25, 0.3) is 0 Å². The number of carbonyl (C=O) groups is 3. The molecule has 63 valence electrons. The van der Waals surface area contributed by atoms with Gasteiger partial charge in [-0.2, -0.15) is 0 Å². The Morgan fingerprint density at radius 2 is 1.73 bits per heavy atom. The number of hydrogen-bond acceptors (Lipinski definition) is 3. The summed E-state index contributed by atoms with van der Waals surface area (Å²) in [7, 11) is 0. The average Bonchev–Trinajstić information content (AvgIpc) is 1.87. The van der Waals surface area contributed by atoms with Crippen molar-refractivity contribution in [1.29, 1.82) is 0 Å². The van der Waals surface area contributed by atoms with Crippen LogP contribution in [0.3, 0.4) is 0 Å². The first-order chi connectivity index (χ1) is 4.57. The van der Waals surface area contributed by atoms with Crippen LogP contribution in [0.5, 0.6) is 0 Å². The Morgan fingerprint density at radius 1 is 1.27 bits per heavy atom. The molecule has 0 aliphatic carbocycles. The van der Waals surface area contributed by atoms with E-state index in [1.165, 1.54) is 0 Å². The monoisotopic (exact) mass is 199 g/mol. The molecule has 0 rings (SSSR count). The summed E-state index contributed by atoms with van der Waals surface area (Å²) in [6.45, 7) is 1.58. The van der Waals surface area contributed by atoms with E-state index in [1.54, 1.807) is 6.92 Å². The molecule has 0 aliphatic heterocycles. The van der Waals surface area contributed by atoms with E-state index in [-0.39, 0.29) is 29.3 Å². The minimum absolute atomic E-state index is 0. The molecule has 0 aliphatic rings. The fourth-order valence-electron chi connectivity index (χ4n) is 0.380. The molecule has 0 saturated heterocycles. The Balaban J connectivity index is 0. The standard InChI is InChI=1S/C6H8O4.Mn/c1-2-4(7)3-5(8)6(9)10;/h2-3H2,1H3,(H,9,10);. The Kier molecular flexibility index (Phi) is 7.15. The molecule has 0 bridgehead atoms. The van der Waals surface area contributed by atoms with E-state index < -0.39 is 18.2 Å².